The normalized spacial score (nSPS) is 27.0. The smallest absolute Gasteiger partial charge is 0.407 e. The van der Waals surface area contributed by atoms with Crippen molar-refractivity contribution < 1.29 is 19.1 Å². The summed E-state index contributed by atoms with van der Waals surface area (Å²) in [5.41, 5.74) is 4.01. The van der Waals surface area contributed by atoms with Gasteiger partial charge in [0.05, 0.1) is 45.5 Å². The van der Waals surface area contributed by atoms with Gasteiger partial charge in [-0.25, -0.2) is 14.2 Å². The van der Waals surface area contributed by atoms with Gasteiger partial charge in [0.25, 0.3) is 0 Å². The predicted molar refractivity (Wildman–Crippen MR) is 190 cm³/mol. The number of aryl methyl sites for hydroxylation is 1. The van der Waals surface area contributed by atoms with Crippen molar-refractivity contribution in [2.45, 2.75) is 83.0 Å². The van der Waals surface area contributed by atoms with Crippen LogP contribution < -0.4 is 0 Å². The van der Waals surface area contributed by atoms with Crippen LogP contribution in [-0.2, 0) is 11.2 Å². The number of hydrogen-bond acceptors (Lipinski definition) is 4. The molecule has 6 atom stereocenters. The van der Waals surface area contributed by atoms with Crippen molar-refractivity contribution in [3.63, 3.8) is 0 Å². The van der Waals surface area contributed by atoms with Gasteiger partial charge in [0.2, 0.25) is 5.91 Å². The minimum absolute atomic E-state index is 0.0791. The first-order chi connectivity index (χ1) is 23.9. The summed E-state index contributed by atoms with van der Waals surface area (Å²) in [6.45, 7) is 8.59. The molecule has 10 rings (SSSR count). The van der Waals surface area contributed by atoms with Gasteiger partial charge in [-0.1, -0.05) is 48.8 Å². The van der Waals surface area contributed by atoms with Crippen molar-refractivity contribution in [1.29, 1.82) is 5.26 Å². The van der Waals surface area contributed by atoms with Crippen molar-refractivity contribution in [3.8, 4) is 17.2 Å². The van der Waals surface area contributed by atoms with Crippen LogP contribution in [0.3, 0.4) is 0 Å². The lowest BCUT2D eigenvalue weighted by Crippen LogP contribution is -2.44. The molecule has 256 valence electrons. The second-order valence-electron chi connectivity index (χ2n) is 15.4. The summed E-state index contributed by atoms with van der Waals surface area (Å²) in [6, 6.07) is 10.9. The van der Waals surface area contributed by atoms with Crippen molar-refractivity contribution in [3.05, 3.63) is 69.7 Å². The standard InChI is InChI=1S/C39H36Cl2FN5O3/c1-18(2)33-24-16-28(27-14-20-13-26(20)46(27)37(48)39(3)9-10-39)47(35-21-15-29(35)45(17-21)38(49)50)36(24)23-12-19(6-5-11-43)30(32(42)34(23)44-33)22-7-4-8-25(40)31(22)41/h4,7-8,12,16,20-21,26-27,29,35H,1,5-6,9-10,13-15,17H2,2-3H3,(H,49,50)/t20-,21-,26-,27-,29-,35+/m1/s1. The van der Waals surface area contributed by atoms with E-state index in [1.165, 1.54) is 4.90 Å². The third-order valence-electron chi connectivity index (χ3n) is 12.2. The number of pyridine rings is 1. The van der Waals surface area contributed by atoms with E-state index in [0.29, 0.717) is 40.2 Å². The van der Waals surface area contributed by atoms with Crippen LogP contribution in [0.2, 0.25) is 10.0 Å². The lowest BCUT2D eigenvalue weighted by atomic mass is 9.79. The highest BCUT2D eigenvalue weighted by Gasteiger charge is 2.61. The number of benzene rings is 2. The first kappa shape index (κ1) is 31.8. The zero-order chi connectivity index (χ0) is 35.0. The number of fused-ring (bicyclic) bond motifs is 5. The largest absolute Gasteiger partial charge is 0.465 e. The molecule has 3 aliphatic carbocycles. The summed E-state index contributed by atoms with van der Waals surface area (Å²) in [6.07, 6.45) is 3.84. The lowest BCUT2D eigenvalue weighted by molar-refractivity contribution is -0.138. The van der Waals surface area contributed by atoms with Crippen molar-refractivity contribution in [1.82, 2.24) is 19.4 Å². The number of nitrogens with zero attached hydrogens (tertiary/aromatic N) is 5. The number of carboxylic acid groups (broad SMARTS) is 1. The number of rotatable bonds is 7. The average Bonchev–Trinajstić information content (AvgIpc) is 3.75. The van der Waals surface area contributed by atoms with E-state index in [-0.39, 0.29) is 75.4 Å². The van der Waals surface area contributed by atoms with Crippen molar-refractivity contribution >= 4 is 62.6 Å². The van der Waals surface area contributed by atoms with E-state index in [9.17, 15) is 20.0 Å². The first-order valence-corrected chi connectivity index (χ1v) is 18.2. The summed E-state index contributed by atoms with van der Waals surface area (Å²) in [7, 11) is 0. The van der Waals surface area contributed by atoms with Gasteiger partial charge >= 0.3 is 6.09 Å². The van der Waals surface area contributed by atoms with Crippen LogP contribution in [0.4, 0.5) is 9.18 Å². The van der Waals surface area contributed by atoms with E-state index >= 15 is 4.39 Å². The van der Waals surface area contributed by atoms with Gasteiger partial charge in [0.1, 0.15) is 5.52 Å². The van der Waals surface area contributed by atoms with E-state index in [1.807, 2.05) is 13.0 Å². The van der Waals surface area contributed by atoms with E-state index in [1.54, 1.807) is 18.2 Å². The van der Waals surface area contributed by atoms with E-state index in [0.717, 1.165) is 48.7 Å². The Balaban J connectivity index is 1.35. The summed E-state index contributed by atoms with van der Waals surface area (Å²) in [5.74, 6) is 0.143. The molecule has 4 aromatic rings. The maximum atomic E-state index is 17.3. The second-order valence-corrected chi connectivity index (χ2v) is 16.2. The third kappa shape index (κ3) is 4.43. The number of hydrogen-bond donors (Lipinski definition) is 1. The molecule has 2 aromatic heterocycles. The van der Waals surface area contributed by atoms with E-state index < -0.39 is 11.9 Å². The molecule has 2 bridgehead atoms. The van der Waals surface area contributed by atoms with Crippen LogP contribution in [0, 0.1) is 34.4 Å². The fourth-order valence-electron chi connectivity index (χ4n) is 9.35. The number of halogens is 3. The molecule has 6 aliphatic rings. The quantitative estimate of drug-likeness (QED) is 0.206. The molecule has 2 aromatic carbocycles. The topological polar surface area (TPSA) is 102 Å². The third-order valence-corrected chi connectivity index (χ3v) is 13.1. The Hall–Kier alpha value is -4.13. The Labute approximate surface area is 299 Å². The highest BCUT2D eigenvalue weighted by Crippen LogP contribution is 2.60. The average molecular weight is 713 g/mol. The molecule has 0 unspecified atom stereocenters. The second kappa shape index (κ2) is 10.9. The molecule has 3 saturated carbocycles. The van der Waals surface area contributed by atoms with Crippen molar-refractivity contribution in [2.75, 3.05) is 6.54 Å². The Morgan fingerprint density at radius 3 is 2.58 bits per heavy atom. The number of carbonyl (C=O) groups is 2. The van der Waals surface area contributed by atoms with Gasteiger partial charge in [-0.15, -0.1) is 0 Å². The summed E-state index contributed by atoms with van der Waals surface area (Å²) < 4.78 is 19.6. The molecule has 50 heavy (non-hydrogen) atoms. The number of carbonyl (C=O) groups excluding carboxylic acids is 1. The fraction of sp³-hybridized carbons (Fsp3) is 0.436. The van der Waals surface area contributed by atoms with Gasteiger partial charge in [-0.05, 0) is 80.7 Å². The first-order valence-electron chi connectivity index (χ1n) is 17.4. The van der Waals surface area contributed by atoms with Crippen LogP contribution in [0.1, 0.15) is 81.4 Å². The predicted octanol–water partition coefficient (Wildman–Crippen LogP) is 9.18. The SMILES string of the molecule is C=C(C)c1nc2c(F)c(-c3cccc(Cl)c3Cl)c(CCC#N)cc2c2c1cc([C@H]1C[C@H]3C[C@H]3N1C(=O)C1(C)CC1)n2[C@H]1[C@@H]2C[C@H]1N(C(=O)O)C2. The summed E-state index contributed by atoms with van der Waals surface area (Å²) in [5, 5.41) is 21.6. The Kier molecular flexibility index (Phi) is 6.96. The number of nitriles is 1. The molecule has 3 aliphatic heterocycles. The molecular weight excluding hydrogens is 676 g/mol. The molecule has 1 N–H and O–H groups in total. The Morgan fingerprint density at radius 1 is 1.14 bits per heavy atom. The number of likely N-dealkylation sites (tertiary alicyclic amines) is 1. The maximum absolute atomic E-state index is 17.3. The minimum atomic E-state index is -0.944. The highest BCUT2D eigenvalue weighted by molar-refractivity contribution is 6.43. The molecular formula is C39H36Cl2FN5O3. The van der Waals surface area contributed by atoms with Crippen LogP contribution in [-0.4, -0.2) is 55.1 Å². The minimum Gasteiger partial charge on any atom is -0.465 e. The monoisotopic (exact) mass is 711 g/mol. The summed E-state index contributed by atoms with van der Waals surface area (Å²) >= 11 is 13.1. The van der Waals surface area contributed by atoms with Gasteiger partial charge in [0.15, 0.2) is 5.82 Å². The zero-order valence-electron chi connectivity index (χ0n) is 27.8. The molecule has 2 amide bonds. The molecule has 11 heteroatoms. The Bertz CT molecular complexity index is 2260. The van der Waals surface area contributed by atoms with Gasteiger partial charge < -0.3 is 19.5 Å². The van der Waals surface area contributed by atoms with Gasteiger partial charge in [-0.3, -0.25) is 4.79 Å². The molecule has 6 fully saturated rings. The van der Waals surface area contributed by atoms with Crippen LogP contribution in [0.15, 0.2) is 36.9 Å². The Morgan fingerprint density at radius 2 is 1.90 bits per heavy atom. The van der Waals surface area contributed by atoms with E-state index in [4.69, 9.17) is 28.2 Å². The lowest BCUT2D eigenvalue weighted by Gasteiger charge is -2.40. The van der Waals surface area contributed by atoms with Crippen molar-refractivity contribution in [2.24, 2.45) is 17.3 Å². The number of aromatic nitrogens is 2. The number of amides is 2. The van der Waals surface area contributed by atoms with Crippen LogP contribution in [0.5, 0.6) is 0 Å². The molecule has 0 spiro atoms. The van der Waals surface area contributed by atoms with Gasteiger partial charge in [0, 0.05) is 57.9 Å². The van der Waals surface area contributed by atoms with Crippen LogP contribution in [0.25, 0.3) is 38.5 Å². The molecule has 3 saturated heterocycles. The number of allylic oxidation sites excluding steroid dienone is 1. The van der Waals surface area contributed by atoms with Crippen LogP contribution >= 0.6 is 23.2 Å². The molecule has 0 radical (unpaired) electrons. The zero-order valence-corrected chi connectivity index (χ0v) is 29.4. The fourth-order valence-corrected chi connectivity index (χ4v) is 9.75. The maximum Gasteiger partial charge on any atom is 0.407 e. The van der Waals surface area contributed by atoms with Gasteiger partial charge in [-0.2, -0.15) is 5.26 Å². The summed E-state index contributed by atoms with van der Waals surface area (Å²) in [4.78, 5) is 35.1. The van der Waals surface area contributed by atoms with E-state index in [2.05, 4.69) is 35.1 Å². The number of piperidine rings is 1. The molecule has 8 nitrogen and oxygen atoms in total. The molecule has 5 heterocycles. The highest BCUT2D eigenvalue weighted by atomic mass is 35.5.